The summed E-state index contributed by atoms with van der Waals surface area (Å²) >= 11 is 1.59. The molecule has 0 spiro atoms. The molecular formula is C12H15N3O2S. The first-order valence-electron chi connectivity index (χ1n) is 5.54. The number of aromatic nitrogens is 1. The van der Waals surface area contributed by atoms with Gasteiger partial charge in [-0.15, -0.1) is 11.3 Å². The smallest absolute Gasteiger partial charge is 0.257 e. The number of furan rings is 1. The monoisotopic (exact) mass is 265 g/mol. The SMILES string of the molecule is Cc1ncc(CN(C)C(=O)c2coc(CN)c2)s1. The molecule has 6 heteroatoms. The zero-order valence-corrected chi connectivity index (χ0v) is 11.2. The standard InChI is InChI=1S/C12H15N3O2S/c1-8-14-5-11(18-8)6-15(2)12(16)9-3-10(4-13)17-7-9/h3,5,7H,4,6,13H2,1-2H3. The molecule has 0 saturated heterocycles. The zero-order valence-electron chi connectivity index (χ0n) is 10.3. The molecule has 18 heavy (non-hydrogen) atoms. The van der Waals surface area contributed by atoms with Crippen molar-refractivity contribution in [3.05, 3.63) is 39.7 Å². The zero-order chi connectivity index (χ0) is 13.1. The summed E-state index contributed by atoms with van der Waals surface area (Å²) in [5.41, 5.74) is 5.97. The van der Waals surface area contributed by atoms with Gasteiger partial charge >= 0.3 is 0 Å². The first kappa shape index (κ1) is 12.8. The summed E-state index contributed by atoms with van der Waals surface area (Å²) in [6.07, 6.45) is 3.24. The summed E-state index contributed by atoms with van der Waals surface area (Å²) in [5.74, 6) is 0.532. The van der Waals surface area contributed by atoms with Crippen LogP contribution in [0.1, 0.15) is 26.0 Å². The fourth-order valence-corrected chi connectivity index (χ4v) is 2.45. The van der Waals surface area contributed by atoms with Crippen LogP contribution in [0.15, 0.2) is 22.9 Å². The van der Waals surface area contributed by atoms with Crippen LogP contribution in [0.4, 0.5) is 0 Å². The molecule has 2 aromatic rings. The van der Waals surface area contributed by atoms with Gasteiger partial charge in [-0.1, -0.05) is 0 Å². The molecule has 0 aliphatic carbocycles. The summed E-state index contributed by atoms with van der Waals surface area (Å²) in [7, 11) is 1.76. The molecular weight excluding hydrogens is 250 g/mol. The van der Waals surface area contributed by atoms with Gasteiger partial charge in [0.05, 0.1) is 23.7 Å². The molecule has 1 amide bonds. The second-order valence-corrected chi connectivity index (χ2v) is 5.33. The lowest BCUT2D eigenvalue weighted by Crippen LogP contribution is -2.25. The van der Waals surface area contributed by atoms with Crippen LogP contribution in [0.5, 0.6) is 0 Å². The third kappa shape index (κ3) is 2.77. The van der Waals surface area contributed by atoms with E-state index in [0.29, 0.717) is 24.4 Å². The second-order valence-electron chi connectivity index (χ2n) is 4.01. The van der Waals surface area contributed by atoms with E-state index < -0.39 is 0 Å². The van der Waals surface area contributed by atoms with Crippen LogP contribution in [0.25, 0.3) is 0 Å². The van der Waals surface area contributed by atoms with Gasteiger partial charge in [-0.05, 0) is 13.0 Å². The van der Waals surface area contributed by atoms with Crippen LogP contribution in [0, 0.1) is 6.92 Å². The summed E-state index contributed by atoms with van der Waals surface area (Å²) in [6, 6.07) is 1.68. The number of nitrogens with zero attached hydrogens (tertiary/aromatic N) is 2. The summed E-state index contributed by atoms with van der Waals surface area (Å²) in [5, 5.41) is 1.000. The van der Waals surface area contributed by atoms with Crippen LogP contribution in [0.3, 0.4) is 0 Å². The highest BCUT2D eigenvalue weighted by atomic mass is 32.1. The number of carbonyl (C=O) groups excluding carboxylic acids is 1. The quantitative estimate of drug-likeness (QED) is 0.914. The highest BCUT2D eigenvalue weighted by Gasteiger charge is 2.15. The molecule has 2 rings (SSSR count). The van der Waals surface area contributed by atoms with E-state index in [9.17, 15) is 4.79 Å². The van der Waals surface area contributed by atoms with Gasteiger partial charge in [0.1, 0.15) is 12.0 Å². The van der Waals surface area contributed by atoms with E-state index in [2.05, 4.69) is 4.98 Å². The molecule has 0 fully saturated rings. The lowest BCUT2D eigenvalue weighted by atomic mass is 10.2. The Labute approximate surface area is 109 Å². The van der Waals surface area contributed by atoms with Crippen molar-refractivity contribution in [2.45, 2.75) is 20.0 Å². The minimum Gasteiger partial charge on any atom is -0.467 e. The number of amides is 1. The van der Waals surface area contributed by atoms with E-state index in [0.717, 1.165) is 9.88 Å². The highest BCUT2D eigenvalue weighted by Crippen LogP contribution is 2.16. The van der Waals surface area contributed by atoms with Crippen molar-refractivity contribution < 1.29 is 9.21 Å². The minimum atomic E-state index is -0.0792. The lowest BCUT2D eigenvalue weighted by Gasteiger charge is -2.14. The first-order chi connectivity index (χ1) is 8.60. The number of carbonyl (C=O) groups is 1. The van der Waals surface area contributed by atoms with Gasteiger partial charge in [0, 0.05) is 18.1 Å². The Bertz CT molecular complexity index is 547. The number of nitrogens with two attached hydrogens (primary N) is 1. The summed E-state index contributed by atoms with van der Waals surface area (Å²) in [4.78, 5) is 19.0. The molecule has 0 radical (unpaired) electrons. The van der Waals surface area contributed by atoms with E-state index >= 15 is 0 Å². The highest BCUT2D eigenvalue weighted by molar-refractivity contribution is 7.11. The molecule has 96 valence electrons. The molecule has 0 unspecified atom stereocenters. The van der Waals surface area contributed by atoms with Crippen LogP contribution < -0.4 is 5.73 Å². The van der Waals surface area contributed by atoms with Gasteiger partial charge in [-0.2, -0.15) is 0 Å². The van der Waals surface area contributed by atoms with E-state index in [-0.39, 0.29) is 5.91 Å². The fourth-order valence-electron chi connectivity index (χ4n) is 1.60. The van der Waals surface area contributed by atoms with Crippen molar-refractivity contribution in [3.8, 4) is 0 Å². The Morgan fingerprint density at radius 3 is 2.94 bits per heavy atom. The molecule has 0 aliphatic rings. The van der Waals surface area contributed by atoms with Gasteiger partial charge in [0.25, 0.3) is 5.91 Å². The van der Waals surface area contributed by atoms with Crippen LogP contribution in [0.2, 0.25) is 0 Å². The average molecular weight is 265 g/mol. The molecule has 0 atom stereocenters. The lowest BCUT2D eigenvalue weighted by molar-refractivity contribution is 0.0785. The second kappa shape index (κ2) is 5.32. The van der Waals surface area contributed by atoms with Crippen molar-refractivity contribution in [3.63, 3.8) is 0 Å². The Morgan fingerprint density at radius 2 is 2.39 bits per heavy atom. The fraction of sp³-hybridized carbons (Fsp3) is 0.333. The molecule has 2 heterocycles. The van der Waals surface area contributed by atoms with Crippen molar-refractivity contribution in [2.24, 2.45) is 5.73 Å². The number of thiazole rings is 1. The first-order valence-corrected chi connectivity index (χ1v) is 6.36. The van der Waals surface area contributed by atoms with E-state index in [1.54, 1.807) is 35.5 Å². The van der Waals surface area contributed by atoms with Crippen molar-refractivity contribution in [1.82, 2.24) is 9.88 Å². The predicted octanol–water partition coefficient (Wildman–Crippen LogP) is 1.78. The Morgan fingerprint density at radius 1 is 1.61 bits per heavy atom. The predicted molar refractivity (Wildman–Crippen MR) is 69.2 cm³/mol. The van der Waals surface area contributed by atoms with Gasteiger partial charge in [0.2, 0.25) is 0 Å². The van der Waals surface area contributed by atoms with Crippen molar-refractivity contribution in [1.29, 1.82) is 0 Å². The normalized spacial score (nSPS) is 10.6. The van der Waals surface area contributed by atoms with Crippen molar-refractivity contribution in [2.75, 3.05) is 7.05 Å². The summed E-state index contributed by atoms with van der Waals surface area (Å²) in [6.45, 7) is 2.79. The average Bonchev–Trinajstić information content (AvgIpc) is 2.97. The van der Waals surface area contributed by atoms with E-state index in [1.165, 1.54) is 6.26 Å². The Kier molecular flexibility index (Phi) is 3.78. The van der Waals surface area contributed by atoms with Crippen molar-refractivity contribution >= 4 is 17.2 Å². The molecule has 0 bridgehead atoms. The number of hydrogen-bond donors (Lipinski definition) is 1. The Balaban J connectivity index is 2.04. The third-order valence-corrected chi connectivity index (χ3v) is 3.41. The molecule has 0 saturated carbocycles. The molecule has 2 N–H and O–H groups in total. The van der Waals surface area contributed by atoms with Gasteiger partial charge < -0.3 is 15.1 Å². The largest absolute Gasteiger partial charge is 0.467 e. The maximum atomic E-state index is 12.1. The molecule has 0 aliphatic heterocycles. The molecule has 0 aromatic carbocycles. The maximum absolute atomic E-state index is 12.1. The van der Waals surface area contributed by atoms with Crippen LogP contribution in [-0.4, -0.2) is 22.8 Å². The molecule has 5 nitrogen and oxygen atoms in total. The van der Waals surface area contributed by atoms with Gasteiger partial charge in [-0.25, -0.2) is 4.98 Å². The summed E-state index contributed by atoms with van der Waals surface area (Å²) < 4.78 is 5.16. The van der Waals surface area contributed by atoms with Gasteiger partial charge in [-0.3, -0.25) is 4.79 Å². The topological polar surface area (TPSA) is 72.4 Å². The molecule has 2 aromatic heterocycles. The number of rotatable bonds is 4. The van der Waals surface area contributed by atoms with Crippen LogP contribution in [-0.2, 0) is 13.1 Å². The van der Waals surface area contributed by atoms with E-state index in [4.69, 9.17) is 10.2 Å². The van der Waals surface area contributed by atoms with Gasteiger partial charge in [0.15, 0.2) is 0 Å². The minimum absolute atomic E-state index is 0.0792. The van der Waals surface area contributed by atoms with E-state index in [1.807, 2.05) is 6.92 Å². The number of aryl methyl sites for hydroxylation is 1. The number of hydrogen-bond acceptors (Lipinski definition) is 5. The maximum Gasteiger partial charge on any atom is 0.257 e. The Hall–Kier alpha value is -1.66. The third-order valence-electron chi connectivity index (χ3n) is 2.51. The van der Waals surface area contributed by atoms with Crippen LogP contribution >= 0.6 is 11.3 Å².